The Morgan fingerprint density at radius 1 is 1.20 bits per heavy atom. The highest BCUT2D eigenvalue weighted by molar-refractivity contribution is 5.76. The molecule has 0 spiro atoms. The van der Waals surface area contributed by atoms with Crippen molar-refractivity contribution in [3.8, 4) is 11.4 Å². The van der Waals surface area contributed by atoms with Crippen LogP contribution in [0, 0.1) is 0 Å². The maximum atomic E-state index is 12.7. The highest BCUT2D eigenvalue weighted by Crippen LogP contribution is 2.15. The molecule has 0 unspecified atom stereocenters. The van der Waals surface area contributed by atoms with Crippen LogP contribution in [0.4, 0.5) is 0 Å². The minimum absolute atomic E-state index is 0.136. The molecule has 1 fully saturated rings. The molecule has 1 aliphatic heterocycles. The number of hydrogen-bond donors (Lipinski definition) is 0. The predicted molar refractivity (Wildman–Crippen MR) is 110 cm³/mol. The molecule has 0 atom stereocenters. The first-order chi connectivity index (χ1) is 14.7. The molecule has 30 heavy (non-hydrogen) atoms. The van der Waals surface area contributed by atoms with E-state index in [4.69, 9.17) is 4.52 Å². The van der Waals surface area contributed by atoms with Gasteiger partial charge in [-0.1, -0.05) is 5.16 Å². The molecular weight excluding hydrogens is 382 g/mol. The van der Waals surface area contributed by atoms with Crippen molar-refractivity contribution in [2.45, 2.75) is 39.3 Å². The van der Waals surface area contributed by atoms with Crippen molar-refractivity contribution in [3.05, 3.63) is 48.4 Å². The quantitative estimate of drug-likeness (QED) is 0.589. The second-order valence-electron chi connectivity index (χ2n) is 7.47. The molecule has 4 rings (SSSR count). The van der Waals surface area contributed by atoms with Gasteiger partial charge in [-0.3, -0.25) is 19.4 Å². The van der Waals surface area contributed by atoms with Crippen LogP contribution in [0.3, 0.4) is 0 Å². The van der Waals surface area contributed by atoms with Crippen LogP contribution in [0.15, 0.2) is 41.4 Å². The minimum Gasteiger partial charge on any atom is -0.341 e. The molecule has 0 aliphatic carbocycles. The van der Waals surface area contributed by atoms with Crippen molar-refractivity contribution < 1.29 is 9.32 Å². The second kappa shape index (κ2) is 9.62. The van der Waals surface area contributed by atoms with Gasteiger partial charge in [0.1, 0.15) is 0 Å². The fourth-order valence-electron chi connectivity index (χ4n) is 3.64. The zero-order valence-corrected chi connectivity index (χ0v) is 17.3. The number of hydrogen-bond acceptors (Lipinski definition) is 7. The summed E-state index contributed by atoms with van der Waals surface area (Å²) in [5, 5.41) is 8.33. The van der Waals surface area contributed by atoms with Gasteiger partial charge in [0, 0.05) is 81.8 Å². The molecule has 0 radical (unpaired) electrons. The molecule has 0 aromatic carbocycles. The number of amides is 1. The van der Waals surface area contributed by atoms with E-state index in [1.165, 1.54) is 5.56 Å². The Morgan fingerprint density at radius 2 is 2.13 bits per heavy atom. The van der Waals surface area contributed by atoms with Gasteiger partial charge in [0.2, 0.25) is 17.6 Å². The van der Waals surface area contributed by atoms with Gasteiger partial charge in [0.05, 0.1) is 6.20 Å². The number of nitrogens with zero attached hydrogens (tertiary/aromatic N) is 7. The van der Waals surface area contributed by atoms with Crippen molar-refractivity contribution >= 4 is 5.91 Å². The Labute approximate surface area is 175 Å². The Bertz CT molecular complexity index is 953. The molecule has 3 aromatic rings. The van der Waals surface area contributed by atoms with Crippen LogP contribution < -0.4 is 0 Å². The second-order valence-corrected chi connectivity index (χ2v) is 7.47. The number of carbonyl (C=O) groups excluding carboxylic acids is 1. The largest absolute Gasteiger partial charge is 0.341 e. The van der Waals surface area contributed by atoms with E-state index in [2.05, 4.69) is 38.2 Å². The van der Waals surface area contributed by atoms with E-state index in [0.29, 0.717) is 24.6 Å². The van der Waals surface area contributed by atoms with Crippen LogP contribution in [-0.4, -0.2) is 66.8 Å². The Morgan fingerprint density at radius 3 is 2.93 bits per heavy atom. The molecule has 9 heteroatoms. The van der Waals surface area contributed by atoms with Crippen LogP contribution in [0.25, 0.3) is 11.4 Å². The van der Waals surface area contributed by atoms with Gasteiger partial charge in [-0.15, -0.1) is 0 Å². The van der Waals surface area contributed by atoms with Gasteiger partial charge in [-0.25, -0.2) is 0 Å². The molecule has 1 amide bonds. The van der Waals surface area contributed by atoms with E-state index in [1.54, 1.807) is 12.4 Å². The Kier molecular flexibility index (Phi) is 6.48. The molecule has 3 aromatic heterocycles. The molecule has 0 N–H and O–H groups in total. The van der Waals surface area contributed by atoms with E-state index in [0.717, 1.165) is 51.3 Å². The third-order valence-corrected chi connectivity index (χ3v) is 5.30. The average Bonchev–Trinajstić information content (AvgIpc) is 3.38. The van der Waals surface area contributed by atoms with Gasteiger partial charge >= 0.3 is 0 Å². The summed E-state index contributed by atoms with van der Waals surface area (Å²) in [4.78, 5) is 25.5. The summed E-state index contributed by atoms with van der Waals surface area (Å²) in [6.07, 6.45) is 9.21. The lowest BCUT2D eigenvalue weighted by Gasteiger charge is -2.21. The lowest BCUT2D eigenvalue weighted by molar-refractivity contribution is -0.131. The van der Waals surface area contributed by atoms with Crippen LogP contribution in [0.5, 0.6) is 0 Å². The summed E-state index contributed by atoms with van der Waals surface area (Å²) in [6.45, 7) is 7.22. The summed E-state index contributed by atoms with van der Waals surface area (Å²) in [7, 11) is 0. The van der Waals surface area contributed by atoms with Gasteiger partial charge in [0.25, 0.3) is 0 Å². The zero-order chi connectivity index (χ0) is 20.8. The van der Waals surface area contributed by atoms with Gasteiger partial charge in [-0.05, 0) is 25.5 Å². The normalized spacial score (nSPS) is 15.3. The smallest absolute Gasteiger partial charge is 0.227 e. The monoisotopic (exact) mass is 409 g/mol. The van der Waals surface area contributed by atoms with E-state index in [9.17, 15) is 4.79 Å². The Hall–Kier alpha value is -3.07. The van der Waals surface area contributed by atoms with Crippen molar-refractivity contribution in [3.63, 3.8) is 0 Å². The van der Waals surface area contributed by atoms with Gasteiger partial charge < -0.3 is 9.42 Å². The van der Waals surface area contributed by atoms with Gasteiger partial charge in [0.15, 0.2) is 0 Å². The third-order valence-electron chi connectivity index (χ3n) is 5.30. The standard InChI is InChI=1S/C21H27N7O2/c1-2-28-16-17(13-23-28)15-26-9-4-10-27(12-11-26)20(29)7-6-19-24-21(25-30-19)18-5-3-8-22-14-18/h3,5,8,13-14,16H,2,4,6-7,9-12,15H2,1H3. The number of aromatic nitrogens is 5. The fourth-order valence-corrected chi connectivity index (χ4v) is 3.64. The summed E-state index contributed by atoms with van der Waals surface area (Å²) < 4.78 is 7.25. The van der Waals surface area contributed by atoms with Crippen molar-refractivity contribution in [2.24, 2.45) is 0 Å². The maximum absolute atomic E-state index is 12.7. The van der Waals surface area contributed by atoms with Crippen molar-refractivity contribution in [1.82, 2.24) is 34.7 Å². The van der Waals surface area contributed by atoms with Crippen LogP contribution in [0.2, 0.25) is 0 Å². The summed E-state index contributed by atoms with van der Waals surface area (Å²) in [6, 6.07) is 3.70. The topological polar surface area (TPSA) is 93.2 Å². The van der Waals surface area contributed by atoms with Crippen LogP contribution in [-0.2, 0) is 24.3 Å². The SMILES string of the molecule is CCn1cc(CN2CCCN(C(=O)CCc3nc(-c4cccnc4)no3)CC2)cn1. The summed E-state index contributed by atoms with van der Waals surface area (Å²) in [5.41, 5.74) is 2.02. The Balaban J connectivity index is 1.25. The average molecular weight is 409 g/mol. The van der Waals surface area contributed by atoms with E-state index in [-0.39, 0.29) is 5.91 Å². The first-order valence-corrected chi connectivity index (χ1v) is 10.5. The number of carbonyl (C=O) groups is 1. The molecule has 1 saturated heterocycles. The molecular formula is C21H27N7O2. The summed E-state index contributed by atoms with van der Waals surface area (Å²) in [5.74, 6) is 1.12. The highest BCUT2D eigenvalue weighted by atomic mass is 16.5. The van der Waals surface area contributed by atoms with Crippen LogP contribution in [0.1, 0.15) is 31.2 Å². The fraction of sp³-hybridized carbons (Fsp3) is 0.476. The van der Waals surface area contributed by atoms with E-state index < -0.39 is 0 Å². The molecule has 0 bridgehead atoms. The number of rotatable bonds is 7. The first kappa shape index (κ1) is 20.2. The highest BCUT2D eigenvalue weighted by Gasteiger charge is 2.20. The van der Waals surface area contributed by atoms with E-state index in [1.807, 2.05) is 27.9 Å². The molecule has 4 heterocycles. The maximum Gasteiger partial charge on any atom is 0.227 e. The van der Waals surface area contributed by atoms with E-state index >= 15 is 0 Å². The third kappa shape index (κ3) is 5.10. The minimum atomic E-state index is 0.136. The molecule has 9 nitrogen and oxygen atoms in total. The van der Waals surface area contributed by atoms with Crippen LogP contribution >= 0.6 is 0 Å². The van der Waals surface area contributed by atoms with Crippen molar-refractivity contribution in [1.29, 1.82) is 0 Å². The first-order valence-electron chi connectivity index (χ1n) is 10.5. The lowest BCUT2D eigenvalue weighted by Crippen LogP contribution is -2.35. The number of aryl methyl sites for hydroxylation is 2. The van der Waals surface area contributed by atoms with Crippen molar-refractivity contribution in [2.75, 3.05) is 26.2 Å². The van der Waals surface area contributed by atoms with Gasteiger partial charge in [-0.2, -0.15) is 10.1 Å². The zero-order valence-electron chi connectivity index (χ0n) is 17.3. The predicted octanol–water partition coefficient (Wildman–Crippen LogP) is 2.02. The molecule has 1 aliphatic rings. The summed E-state index contributed by atoms with van der Waals surface area (Å²) >= 11 is 0. The molecule has 158 valence electrons. The molecule has 0 saturated carbocycles. The lowest BCUT2D eigenvalue weighted by atomic mass is 10.2. The number of pyridine rings is 1.